The molecule has 1 atom stereocenters. The molecule has 1 unspecified atom stereocenters. The van der Waals surface area contributed by atoms with Crippen LogP contribution in [0.3, 0.4) is 0 Å². The normalized spacial score (nSPS) is 22.2. The minimum atomic E-state index is -0.847. The molecule has 1 aliphatic rings. The largest absolute Gasteiger partial charge is 0.385 e. The fourth-order valence-corrected chi connectivity index (χ4v) is 3.31. The molecule has 0 spiro atoms. The first kappa shape index (κ1) is 12.1. The van der Waals surface area contributed by atoms with E-state index < -0.39 is 5.60 Å². The topological polar surface area (TPSA) is 46.2 Å². The van der Waals surface area contributed by atoms with Gasteiger partial charge in [0.15, 0.2) is 0 Å². The van der Waals surface area contributed by atoms with Crippen molar-refractivity contribution in [3.05, 3.63) is 34.3 Å². The van der Waals surface area contributed by atoms with E-state index in [1.165, 1.54) is 0 Å². The molecule has 1 fully saturated rings. The second-order valence-electron chi connectivity index (χ2n) is 4.89. The lowest BCUT2D eigenvalue weighted by Gasteiger charge is -2.51. The highest BCUT2D eigenvalue weighted by Crippen LogP contribution is 2.54. The first-order valence-corrected chi connectivity index (χ1v) is 6.50. The van der Waals surface area contributed by atoms with Gasteiger partial charge in [0.1, 0.15) is 0 Å². The van der Waals surface area contributed by atoms with E-state index in [2.05, 4.69) is 15.9 Å². The van der Waals surface area contributed by atoms with Crippen LogP contribution < -0.4 is 5.73 Å². The summed E-state index contributed by atoms with van der Waals surface area (Å²) in [4.78, 5) is 0. The lowest BCUT2D eigenvalue weighted by Crippen LogP contribution is -2.53. The van der Waals surface area contributed by atoms with Gasteiger partial charge in [0.05, 0.1) is 5.60 Å². The molecule has 1 aromatic rings. The van der Waals surface area contributed by atoms with Crippen molar-refractivity contribution in [2.24, 2.45) is 11.1 Å². The average Bonchev–Trinajstić information content (AvgIpc) is 2.16. The van der Waals surface area contributed by atoms with Crippen molar-refractivity contribution < 1.29 is 5.11 Å². The molecule has 16 heavy (non-hydrogen) atoms. The molecule has 2 rings (SSSR count). The molecule has 0 radical (unpaired) electrons. The van der Waals surface area contributed by atoms with Crippen molar-refractivity contribution >= 4 is 15.9 Å². The second kappa shape index (κ2) is 4.13. The first-order valence-electron chi connectivity index (χ1n) is 5.71. The van der Waals surface area contributed by atoms with Crippen molar-refractivity contribution in [2.75, 3.05) is 6.54 Å². The van der Waals surface area contributed by atoms with Gasteiger partial charge < -0.3 is 10.8 Å². The highest BCUT2D eigenvalue weighted by molar-refractivity contribution is 9.10. The third-order valence-corrected chi connectivity index (χ3v) is 4.82. The van der Waals surface area contributed by atoms with Crippen LogP contribution in [0.25, 0.3) is 0 Å². The van der Waals surface area contributed by atoms with E-state index in [-0.39, 0.29) is 5.41 Å². The van der Waals surface area contributed by atoms with Gasteiger partial charge in [-0.15, -0.1) is 0 Å². The van der Waals surface area contributed by atoms with Crippen LogP contribution in [0.2, 0.25) is 0 Å². The molecule has 88 valence electrons. The molecule has 0 saturated heterocycles. The fourth-order valence-electron chi connectivity index (χ4n) is 2.63. The van der Waals surface area contributed by atoms with Gasteiger partial charge in [-0.1, -0.05) is 40.5 Å². The fraction of sp³-hybridized carbons (Fsp3) is 0.538. The minimum Gasteiger partial charge on any atom is -0.385 e. The van der Waals surface area contributed by atoms with Gasteiger partial charge >= 0.3 is 0 Å². The number of halogens is 1. The summed E-state index contributed by atoms with van der Waals surface area (Å²) in [6.07, 6.45) is 3.19. The monoisotopic (exact) mass is 283 g/mol. The Bertz CT molecular complexity index is 380. The number of hydrogen-bond acceptors (Lipinski definition) is 2. The van der Waals surface area contributed by atoms with E-state index in [0.717, 1.165) is 29.3 Å². The van der Waals surface area contributed by atoms with Crippen molar-refractivity contribution in [3.63, 3.8) is 0 Å². The second-order valence-corrected chi connectivity index (χ2v) is 5.74. The maximum absolute atomic E-state index is 10.8. The molecule has 1 aromatic carbocycles. The lowest BCUT2D eigenvalue weighted by atomic mass is 9.57. The van der Waals surface area contributed by atoms with Gasteiger partial charge in [-0.3, -0.25) is 0 Å². The Kier molecular flexibility index (Phi) is 3.12. The van der Waals surface area contributed by atoms with Gasteiger partial charge in [-0.25, -0.2) is 0 Å². The van der Waals surface area contributed by atoms with Gasteiger partial charge in [-0.2, -0.15) is 0 Å². The molecule has 2 nitrogen and oxygen atoms in total. The predicted molar refractivity (Wildman–Crippen MR) is 69.1 cm³/mol. The number of hydrogen-bond donors (Lipinski definition) is 2. The first-order chi connectivity index (χ1) is 7.53. The predicted octanol–water partition coefficient (Wildman–Crippen LogP) is 2.79. The van der Waals surface area contributed by atoms with Crippen LogP contribution in [-0.2, 0) is 5.60 Å². The summed E-state index contributed by atoms with van der Waals surface area (Å²) in [6, 6.07) is 7.85. The molecule has 0 aromatic heterocycles. The third kappa shape index (κ3) is 1.62. The zero-order chi connectivity index (χ0) is 11.8. The van der Waals surface area contributed by atoms with Gasteiger partial charge in [0, 0.05) is 16.4 Å². The summed E-state index contributed by atoms with van der Waals surface area (Å²) in [7, 11) is 0. The van der Waals surface area contributed by atoms with Gasteiger partial charge in [-0.05, 0) is 31.4 Å². The van der Waals surface area contributed by atoms with Crippen LogP contribution in [0, 0.1) is 5.41 Å². The molecular formula is C13H18BrNO. The van der Waals surface area contributed by atoms with Crippen LogP contribution in [-0.4, -0.2) is 11.7 Å². The summed E-state index contributed by atoms with van der Waals surface area (Å²) in [5.41, 5.74) is 5.82. The van der Waals surface area contributed by atoms with Crippen molar-refractivity contribution in [3.8, 4) is 0 Å². The highest BCUT2D eigenvalue weighted by Gasteiger charge is 2.51. The van der Waals surface area contributed by atoms with E-state index in [1.54, 1.807) is 0 Å². The van der Waals surface area contributed by atoms with Crippen LogP contribution in [0.1, 0.15) is 31.7 Å². The minimum absolute atomic E-state index is 0.142. The highest BCUT2D eigenvalue weighted by atomic mass is 79.9. The SMILES string of the molecule is CC(O)(c1ccccc1Br)C1(CN)CCC1. The Labute approximate surface area is 105 Å². The third-order valence-electron chi connectivity index (χ3n) is 4.13. The molecule has 0 aliphatic heterocycles. The standard InChI is InChI=1S/C13H18BrNO/c1-12(16,13(9-15)7-4-8-13)10-5-2-3-6-11(10)14/h2-3,5-6,16H,4,7-9,15H2,1H3. The van der Waals surface area contributed by atoms with Crippen LogP contribution >= 0.6 is 15.9 Å². The number of aliphatic hydroxyl groups is 1. The Hall–Kier alpha value is -0.380. The van der Waals surface area contributed by atoms with Crippen LogP contribution in [0.4, 0.5) is 0 Å². The van der Waals surface area contributed by atoms with Crippen molar-refractivity contribution in [2.45, 2.75) is 31.8 Å². The van der Waals surface area contributed by atoms with E-state index >= 15 is 0 Å². The number of benzene rings is 1. The molecule has 0 bridgehead atoms. The molecule has 1 saturated carbocycles. The molecule has 1 aliphatic carbocycles. The molecular weight excluding hydrogens is 266 g/mol. The maximum Gasteiger partial charge on any atom is 0.0947 e. The van der Waals surface area contributed by atoms with Gasteiger partial charge in [0.2, 0.25) is 0 Å². The summed E-state index contributed by atoms with van der Waals surface area (Å²) < 4.78 is 0.958. The molecule has 3 heteroatoms. The molecule has 0 heterocycles. The van der Waals surface area contributed by atoms with E-state index in [9.17, 15) is 5.11 Å². The summed E-state index contributed by atoms with van der Waals surface area (Å²) in [5, 5.41) is 10.8. The Balaban J connectivity index is 2.42. The maximum atomic E-state index is 10.8. The smallest absolute Gasteiger partial charge is 0.0947 e. The van der Waals surface area contributed by atoms with Crippen LogP contribution in [0.5, 0.6) is 0 Å². The molecule has 0 amide bonds. The zero-order valence-electron chi connectivity index (χ0n) is 9.54. The zero-order valence-corrected chi connectivity index (χ0v) is 11.1. The number of nitrogens with two attached hydrogens (primary N) is 1. The summed E-state index contributed by atoms with van der Waals surface area (Å²) in [5.74, 6) is 0. The molecule has 3 N–H and O–H groups in total. The summed E-state index contributed by atoms with van der Waals surface area (Å²) >= 11 is 3.51. The quantitative estimate of drug-likeness (QED) is 0.896. The van der Waals surface area contributed by atoms with E-state index in [1.807, 2.05) is 31.2 Å². The Morgan fingerprint density at radius 2 is 2.06 bits per heavy atom. The lowest BCUT2D eigenvalue weighted by molar-refractivity contribution is -0.117. The average molecular weight is 284 g/mol. The van der Waals surface area contributed by atoms with Crippen molar-refractivity contribution in [1.29, 1.82) is 0 Å². The van der Waals surface area contributed by atoms with E-state index in [0.29, 0.717) is 6.54 Å². The summed E-state index contributed by atoms with van der Waals surface area (Å²) in [6.45, 7) is 2.43. The van der Waals surface area contributed by atoms with Crippen LogP contribution in [0.15, 0.2) is 28.7 Å². The number of rotatable bonds is 3. The Morgan fingerprint density at radius 3 is 2.50 bits per heavy atom. The van der Waals surface area contributed by atoms with Gasteiger partial charge in [0.25, 0.3) is 0 Å². The van der Waals surface area contributed by atoms with E-state index in [4.69, 9.17) is 5.73 Å². The Morgan fingerprint density at radius 1 is 1.44 bits per heavy atom. The van der Waals surface area contributed by atoms with Crippen molar-refractivity contribution in [1.82, 2.24) is 0 Å².